The first-order valence-corrected chi connectivity index (χ1v) is 8.43. The molecule has 112 valence electrons. The Hall–Kier alpha value is -0.680. The highest BCUT2D eigenvalue weighted by atomic mass is 79.9. The molecule has 1 aromatic heterocycles. The van der Waals surface area contributed by atoms with E-state index in [9.17, 15) is 0 Å². The number of anilines is 1. The van der Waals surface area contributed by atoms with Gasteiger partial charge in [0.2, 0.25) is 0 Å². The molecule has 1 N–H and O–H groups in total. The van der Waals surface area contributed by atoms with Gasteiger partial charge in [0.1, 0.15) is 11.6 Å². The van der Waals surface area contributed by atoms with Crippen LogP contribution in [0.4, 0.5) is 5.82 Å². The summed E-state index contributed by atoms with van der Waals surface area (Å²) in [7, 11) is 0. The highest BCUT2D eigenvalue weighted by Crippen LogP contribution is 2.38. The van der Waals surface area contributed by atoms with E-state index in [1.807, 2.05) is 6.92 Å². The van der Waals surface area contributed by atoms with Gasteiger partial charge >= 0.3 is 0 Å². The van der Waals surface area contributed by atoms with Crippen molar-refractivity contribution in [1.82, 2.24) is 9.97 Å². The van der Waals surface area contributed by atoms with E-state index in [-0.39, 0.29) is 0 Å². The van der Waals surface area contributed by atoms with Crippen LogP contribution in [0.15, 0.2) is 4.47 Å². The number of rotatable bonds is 7. The van der Waals surface area contributed by atoms with Gasteiger partial charge in [0.25, 0.3) is 0 Å². The van der Waals surface area contributed by atoms with Crippen LogP contribution >= 0.6 is 15.9 Å². The van der Waals surface area contributed by atoms with Gasteiger partial charge in [-0.05, 0) is 42.6 Å². The van der Waals surface area contributed by atoms with Crippen LogP contribution in [-0.2, 0) is 11.2 Å². The van der Waals surface area contributed by atoms with Crippen molar-refractivity contribution in [2.24, 2.45) is 0 Å². The lowest BCUT2D eigenvalue weighted by atomic mass is 10.0. The maximum Gasteiger partial charge on any atom is 0.144 e. The molecule has 0 bridgehead atoms. The fourth-order valence-electron chi connectivity index (χ4n) is 2.69. The van der Waals surface area contributed by atoms with E-state index < -0.39 is 0 Å². The van der Waals surface area contributed by atoms with Gasteiger partial charge in [-0.2, -0.15) is 0 Å². The van der Waals surface area contributed by atoms with Crippen molar-refractivity contribution >= 4 is 21.7 Å². The molecule has 1 aliphatic rings. The largest absolute Gasteiger partial charge is 0.381 e. The summed E-state index contributed by atoms with van der Waals surface area (Å²) in [6.07, 6.45) is 5.88. The van der Waals surface area contributed by atoms with Crippen LogP contribution in [0.1, 0.15) is 57.0 Å². The minimum Gasteiger partial charge on any atom is -0.381 e. The molecule has 0 unspecified atom stereocenters. The summed E-state index contributed by atoms with van der Waals surface area (Å²) < 4.78 is 6.47. The molecule has 5 heteroatoms. The second-order valence-corrected chi connectivity index (χ2v) is 5.94. The van der Waals surface area contributed by atoms with Crippen LogP contribution < -0.4 is 5.32 Å². The quantitative estimate of drug-likeness (QED) is 0.764. The minimum absolute atomic E-state index is 0.579. The number of hydrogen-bond acceptors (Lipinski definition) is 4. The second kappa shape index (κ2) is 7.93. The first-order chi connectivity index (χ1) is 9.76. The van der Waals surface area contributed by atoms with Crippen molar-refractivity contribution in [3.8, 4) is 0 Å². The zero-order valence-electron chi connectivity index (χ0n) is 12.4. The van der Waals surface area contributed by atoms with E-state index in [0.29, 0.717) is 12.5 Å². The Kier molecular flexibility index (Phi) is 6.23. The van der Waals surface area contributed by atoms with E-state index in [2.05, 4.69) is 33.2 Å². The van der Waals surface area contributed by atoms with Crippen LogP contribution in [0.3, 0.4) is 0 Å². The molecule has 0 amide bonds. The molecule has 1 fully saturated rings. The third-order valence-corrected chi connectivity index (χ3v) is 4.47. The lowest BCUT2D eigenvalue weighted by molar-refractivity contribution is 0.149. The second-order valence-electron chi connectivity index (χ2n) is 5.15. The minimum atomic E-state index is 0.579. The maximum atomic E-state index is 5.42. The summed E-state index contributed by atoms with van der Waals surface area (Å²) in [6, 6.07) is 0. The third-order valence-electron chi connectivity index (χ3n) is 3.68. The van der Waals surface area contributed by atoms with E-state index in [0.717, 1.165) is 35.7 Å². The smallest absolute Gasteiger partial charge is 0.144 e. The van der Waals surface area contributed by atoms with Gasteiger partial charge in [0, 0.05) is 25.5 Å². The third kappa shape index (κ3) is 3.92. The number of aromatic nitrogens is 2. The average Bonchev–Trinajstić information content (AvgIpc) is 2.96. The van der Waals surface area contributed by atoms with Crippen LogP contribution in [0.25, 0.3) is 0 Å². The highest BCUT2D eigenvalue weighted by molar-refractivity contribution is 9.10. The van der Waals surface area contributed by atoms with Gasteiger partial charge < -0.3 is 10.1 Å². The Morgan fingerprint density at radius 1 is 1.25 bits per heavy atom. The molecule has 4 nitrogen and oxygen atoms in total. The van der Waals surface area contributed by atoms with Gasteiger partial charge in [-0.3, -0.25) is 0 Å². The summed E-state index contributed by atoms with van der Waals surface area (Å²) in [5.74, 6) is 2.39. The summed E-state index contributed by atoms with van der Waals surface area (Å²) in [5.41, 5.74) is 1.18. The summed E-state index contributed by atoms with van der Waals surface area (Å²) in [4.78, 5) is 9.41. The monoisotopic (exact) mass is 341 g/mol. The summed E-state index contributed by atoms with van der Waals surface area (Å²) in [5, 5.41) is 3.33. The number of hydrogen-bond donors (Lipinski definition) is 1. The number of nitrogens with one attached hydrogen (secondary N) is 1. The van der Waals surface area contributed by atoms with E-state index in [4.69, 9.17) is 9.72 Å². The Labute approximate surface area is 129 Å². The molecule has 1 heterocycles. The fourth-order valence-corrected chi connectivity index (χ4v) is 3.33. The van der Waals surface area contributed by atoms with Crippen molar-refractivity contribution in [3.05, 3.63) is 16.0 Å². The molecule has 1 aliphatic carbocycles. The SMILES string of the molecule is CCNc1nc(CCOCC)nc(C2CCCC2)c1Br. The van der Waals surface area contributed by atoms with E-state index in [1.165, 1.54) is 31.4 Å². The lowest BCUT2D eigenvalue weighted by Gasteiger charge is -2.16. The molecule has 0 atom stereocenters. The van der Waals surface area contributed by atoms with Crippen molar-refractivity contribution in [3.63, 3.8) is 0 Å². The predicted molar refractivity (Wildman–Crippen MR) is 85.3 cm³/mol. The molecule has 1 aromatic rings. The normalized spacial score (nSPS) is 15.8. The van der Waals surface area contributed by atoms with Crippen molar-refractivity contribution < 1.29 is 4.74 Å². The molecule has 1 saturated carbocycles. The molecular weight excluding hydrogens is 318 g/mol. The van der Waals surface area contributed by atoms with Crippen molar-refractivity contribution in [2.75, 3.05) is 25.1 Å². The van der Waals surface area contributed by atoms with E-state index >= 15 is 0 Å². The van der Waals surface area contributed by atoms with Gasteiger partial charge in [-0.1, -0.05) is 12.8 Å². The Morgan fingerprint density at radius 3 is 2.65 bits per heavy atom. The highest BCUT2D eigenvalue weighted by Gasteiger charge is 2.23. The molecule has 0 radical (unpaired) electrons. The van der Waals surface area contributed by atoms with Crippen LogP contribution in [-0.4, -0.2) is 29.7 Å². The maximum absolute atomic E-state index is 5.42. The van der Waals surface area contributed by atoms with Crippen LogP contribution in [0, 0.1) is 0 Å². The zero-order valence-corrected chi connectivity index (χ0v) is 14.0. The molecule has 0 saturated heterocycles. The Bertz CT molecular complexity index is 433. The van der Waals surface area contributed by atoms with Gasteiger partial charge in [0.15, 0.2) is 0 Å². The molecule has 0 aliphatic heterocycles. The van der Waals surface area contributed by atoms with Crippen LogP contribution in [0.2, 0.25) is 0 Å². The van der Waals surface area contributed by atoms with Crippen molar-refractivity contribution in [1.29, 1.82) is 0 Å². The van der Waals surface area contributed by atoms with Gasteiger partial charge in [-0.15, -0.1) is 0 Å². The number of halogens is 1. The number of ether oxygens (including phenoxy) is 1. The van der Waals surface area contributed by atoms with Crippen molar-refractivity contribution in [2.45, 2.75) is 51.9 Å². The van der Waals surface area contributed by atoms with Crippen LogP contribution in [0.5, 0.6) is 0 Å². The first kappa shape index (κ1) is 15.7. The molecule has 0 aromatic carbocycles. The Balaban J connectivity index is 2.23. The standard InChI is InChI=1S/C15H24BrN3O/c1-3-17-15-13(16)14(11-7-5-6-8-11)18-12(19-15)9-10-20-4-2/h11H,3-10H2,1-2H3,(H,17,18,19). The van der Waals surface area contributed by atoms with Gasteiger partial charge in [-0.25, -0.2) is 9.97 Å². The van der Waals surface area contributed by atoms with Gasteiger partial charge in [0.05, 0.1) is 16.8 Å². The molecule has 2 rings (SSSR count). The summed E-state index contributed by atoms with van der Waals surface area (Å²) >= 11 is 3.69. The fraction of sp³-hybridized carbons (Fsp3) is 0.733. The topological polar surface area (TPSA) is 47.0 Å². The lowest BCUT2D eigenvalue weighted by Crippen LogP contribution is -2.11. The predicted octanol–water partition coefficient (Wildman–Crippen LogP) is 3.91. The first-order valence-electron chi connectivity index (χ1n) is 7.64. The molecular formula is C15H24BrN3O. The Morgan fingerprint density at radius 2 is 2.00 bits per heavy atom. The summed E-state index contributed by atoms with van der Waals surface area (Å²) in [6.45, 7) is 6.39. The molecule has 0 spiro atoms. The van der Waals surface area contributed by atoms with E-state index in [1.54, 1.807) is 0 Å². The average molecular weight is 342 g/mol. The molecule has 20 heavy (non-hydrogen) atoms. The zero-order chi connectivity index (χ0) is 14.4. The number of nitrogens with zero attached hydrogens (tertiary/aromatic N) is 2.